The smallest absolute Gasteiger partial charge is 0.241 e. The van der Waals surface area contributed by atoms with Crippen LogP contribution in [0.25, 0.3) is 0 Å². The highest BCUT2D eigenvalue weighted by atomic mass is 32.2. The second-order valence-corrected chi connectivity index (χ2v) is 8.22. The maximum absolute atomic E-state index is 12.7. The number of rotatable bonds is 5. The van der Waals surface area contributed by atoms with Crippen molar-refractivity contribution in [1.82, 2.24) is 4.72 Å². The Morgan fingerprint density at radius 3 is 2.75 bits per heavy atom. The summed E-state index contributed by atoms with van der Waals surface area (Å²) in [6.45, 7) is 6.34. The van der Waals surface area contributed by atoms with Crippen molar-refractivity contribution in [2.45, 2.75) is 44.6 Å². The van der Waals surface area contributed by atoms with Gasteiger partial charge in [0.05, 0.1) is 11.5 Å². The average Bonchev–Trinajstić information content (AvgIpc) is 2.96. The van der Waals surface area contributed by atoms with Crippen molar-refractivity contribution in [1.29, 1.82) is 0 Å². The van der Waals surface area contributed by atoms with E-state index >= 15 is 0 Å². The van der Waals surface area contributed by atoms with Gasteiger partial charge in [-0.25, -0.2) is 13.1 Å². The molecule has 2 aromatic rings. The summed E-state index contributed by atoms with van der Waals surface area (Å²) in [7, 11) is -3.52. The summed E-state index contributed by atoms with van der Waals surface area (Å²) in [5.74, 6) is 0.947. The zero-order valence-electron chi connectivity index (χ0n) is 14.3. The maximum atomic E-state index is 12.7. The Morgan fingerprint density at radius 1 is 1.17 bits per heavy atom. The number of ether oxygens (including phenoxy) is 1. The molecule has 4 nitrogen and oxygen atoms in total. The number of hydrogen-bond acceptors (Lipinski definition) is 3. The maximum Gasteiger partial charge on any atom is 0.241 e. The first-order chi connectivity index (χ1) is 11.3. The van der Waals surface area contributed by atoms with Gasteiger partial charge in [0, 0.05) is 12.5 Å². The summed E-state index contributed by atoms with van der Waals surface area (Å²) in [6.07, 6.45) is 1.57. The number of fused-ring (bicyclic) bond motifs is 1. The van der Waals surface area contributed by atoms with Crippen molar-refractivity contribution in [2.75, 3.05) is 6.61 Å². The molecule has 0 spiro atoms. The molecule has 0 aliphatic carbocycles. The topological polar surface area (TPSA) is 55.4 Å². The van der Waals surface area contributed by atoms with Crippen molar-refractivity contribution >= 4 is 10.0 Å². The molecule has 0 bridgehead atoms. The summed E-state index contributed by atoms with van der Waals surface area (Å²) < 4.78 is 33.6. The quantitative estimate of drug-likeness (QED) is 0.906. The van der Waals surface area contributed by atoms with E-state index in [1.54, 1.807) is 6.07 Å². The predicted octanol–water partition coefficient (Wildman–Crippen LogP) is 3.15. The number of benzene rings is 2. The van der Waals surface area contributed by atoms with Gasteiger partial charge in [-0.3, -0.25) is 0 Å². The first kappa shape index (κ1) is 17.0. The standard InChI is InChI=1S/C19H23NO3S/c1-13-4-5-14(2)19(10-13)24(21,22)20-15(3)11-16-6-7-18-17(12-16)8-9-23-18/h4-7,10,12,15,20H,8-9,11H2,1-3H3/t15-/m1/s1. The van der Waals surface area contributed by atoms with E-state index < -0.39 is 10.0 Å². The van der Waals surface area contributed by atoms with Gasteiger partial charge in [0.2, 0.25) is 10.0 Å². The van der Waals surface area contributed by atoms with E-state index in [2.05, 4.69) is 10.8 Å². The minimum Gasteiger partial charge on any atom is -0.493 e. The first-order valence-corrected chi connectivity index (χ1v) is 9.67. The van der Waals surface area contributed by atoms with Crippen LogP contribution < -0.4 is 9.46 Å². The molecule has 0 radical (unpaired) electrons. The number of aryl methyl sites for hydroxylation is 2. The fourth-order valence-electron chi connectivity index (χ4n) is 3.09. The van der Waals surface area contributed by atoms with Gasteiger partial charge in [-0.05, 0) is 61.6 Å². The monoisotopic (exact) mass is 345 g/mol. The van der Waals surface area contributed by atoms with Gasteiger partial charge in [0.25, 0.3) is 0 Å². The van der Waals surface area contributed by atoms with Crippen LogP contribution in [0, 0.1) is 13.8 Å². The molecule has 1 aliphatic heterocycles. The normalized spacial score (nSPS) is 15.0. The summed E-state index contributed by atoms with van der Waals surface area (Å²) in [5, 5.41) is 0. The van der Waals surface area contributed by atoms with E-state index in [9.17, 15) is 8.42 Å². The fourth-order valence-corrected chi connectivity index (χ4v) is 4.66. The van der Waals surface area contributed by atoms with Crippen molar-refractivity contribution < 1.29 is 13.2 Å². The second-order valence-electron chi connectivity index (χ2n) is 6.54. The number of hydrogen-bond donors (Lipinski definition) is 1. The summed E-state index contributed by atoms with van der Waals surface area (Å²) in [5.41, 5.74) is 4.02. The van der Waals surface area contributed by atoms with Crippen LogP contribution in [0.5, 0.6) is 5.75 Å². The Morgan fingerprint density at radius 2 is 1.96 bits per heavy atom. The summed E-state index contributed by atoms with van der Waals surface area (Å²) in [6, 6.07) is 11.4. The van der Waals surface area contributed by atoms with Crippen molar-refractivity contribution in [3.05, 3.63) is 58.7 Å². The van der Waals surface area contributed by atoms with Crippen molar-refractivity contribution in [2.24, 2.45) is 0 Å². The fraction of sp³-hybridized carbons (Fsp3) is 0.368. The molecular weight excluding hydrogens is 322 g/mol. The van der Waals surface area contributed by atoms with Crippen LogP contribution >= 0.6 is 0 Å². The molecule has 5 heteroatoms. The van der Waals surface area contributed by atoms with Crippen LogP contribution in [0.4, 0.5) is 0 Å². The van der Waals surface area contributed by atoms with Crippen LogP contribution in [0.2, 0.25) is 0 Å². The second kappa shape index (κ2) is 6.57. The predicted molar refractivity (Wildman–Crippen MR) is 95.0 cm³/mol. The summed E-state index contributed by atoms with van der Waals surface area (Å²) >= 11 is 0. The molecule has 1 aliphatic rings. The molecule has 2 aromatic carbocycles. The van der Waals surface area contributed by atoms with Crippen molar-refractivity contribution in [3.8, 4) is 5.75 Å². The lowest BCUT2D eigenvalue weighted by molar-refractivity contribution is 0.357. The Balaban J connectivity index is 1.74. The lowest BCUT2D eigenvalue weighted by atomic mass is 10.0. The average molecular weight is 345 g/mol. The van der Waals surface area contributed by atoms with E-state index in [0.29, 0.717) is 11.3 Å². The lowest BCUT2D eigenvalue weighted by Gasteiger charge is -2.16. The van der Waals surface area contributed by atoms with Crippen LogP contribution in [-0.4, -0.2) is 21.1 Å². The SMILES string of the molecule is Cc1ccc(C)c(S(=O)(=O)N[C@H](C)Cc2ccc3c(c2)CCO3)c1. The van der Waals surface area contributed by atoms with Crippen LogP contribution in [0.3, 0.4) is 0 Å². The van der Waals surface area contributed by atoms with E-state index in [-0.39, 0.29) is 6.04 Å². The van der Waals surface area contributed by atoms with Gasteiger partial charge in [-0.1, -0.05) is 24.3 Å². The molecule has 1 heterocycles. The summed E-state index contributed by atoms with van der Waals surface area (Å²) in [4.78, 5) is 0.358. The Hall–Kier alpha value is -1.85. The first-order valence-electron chi connectivity index (χ1n) is 8.19. The molecule has 0 unspecified atom stereocenters. The van der Waals surface area contributed by atoms with E-state index in [1.807, 2.05) is 45.0 Å². The minimum atomic E-state index is -3.52. The van der Waals surface area contributed by atoms with Gasteiger partial charge in [0.15, 0.2) is 0 Å². The molecule has 1 N–H and O–H groups in total. The highest BCUT2D eigenvalue weighted by molar-refractivity contribution is 7.89. The largest absolute Gasteiger partial charge is 0.493 e. The molecule has 0 fully saturated rings. The van der Waals surface area contributed by atoms with Gasteiger partial charge in [0.1, 0.15) is 5.75 Å². The molecule has 0 saturated heterocycles. The zero-order valence-corrected chi connectivity index (χ0v) is 15.1. The molecule has 1 atom stereocenters. The van der Waals surface area contributed by atoms with Gasteiger partial charge < -0.3 is 4.74 Å². The third-order valence-electron chi connectivity index (χ3n) is 4.29. The molecule has 0 amide bonds. The van der Waals surface area contributed by atoms with E-state index in [0.717, 1.165) is 35.5 Å². The minimum absolute atomic E-state index is 0.185. The molecule has 24 heavy (non-hydrogen) atoms. The van der Waals surface area contributed by atoms with E-state index in [1.165, 1.54) is 5.56 Å². The highest BCUT2D eigenvalue weighted by Gasteiger charge is 2.20. The van der Waals surface area contributed by atoms with Gasteiger partial charge in [-0.15, -0.1) is 0 Å². The molecule has 0 aromatic heterocycles. The van der Waals surface area contributed by atoms with Gasteiger partial charge in [-0.2, -0.15) is 0 Å². The van der Waals surface area contributed by atoms with Crippen LogP contribution in [-0.2, 0) is 22.9 Å². The van der Waals surface area contributed by atoms with Crippen molar-refractivity contribution in [3.63, 3.8) is 0 Å². The zero-order chi connectivity index (χ0) is 17.3. The highest BCUT2D eigenvalue weighted by Crippen LogP contribution is 2.26. The molecule has 3 rings (SSSR count). The molecule has 0 saturated carbocycles. The van der Waals surface area contributed by atoms with Gasteiger partial charge >= 0.3 is 0 Å². The molecular formula is C19H23NO3S. The Bertz CT molecular complexity index is 859. The Labute approximate surface area is 143 Å². The van der Waals surface area contributed by atoms with Crippen LogP contribution in [0.15, 0.2) is 41.3 Å². The third-order valence-corrected chi connectivity index (χ3v) is 6.02. The third kappa shape index (κ3) is 3.62. The van der Waals surface area contributed by atoms with Crippen LogP contribution in [0.1, 0.15) is 29.2 Å². The Kier molecular flexibility index (Phi) is 4.65. The lowest BCUT2D eigenvalue weighted by Crippen LogP contribution is -2.34. The molecule has 128 valence electrons. The van der Waals surface area contributed by atoms with E-state index in [4.69, 9.17) is 4.74 Å². The number of nitrogens with one attached hydrogen (secondary N) is 1. The number of sulfonamides is 1.